The summed E-state index contributed by atoms with van der Waals surface area (Å²) in [5, 5.41) is 9.68. The Morgan fingerprint density at radius 1 is 1.89 bits per heavy atom. The fourth-order valence-electron chi connectivity index (χ4n) is 0.289. The Morgan fingerprint density at radius 3 is 2.78 bits per heavy atom. The lowest BCUT2D eigenvalue weighted by molar-refractivity contribution is 0.373. The van der Waals surface area contributed by atoms with E-state index in [0.717, 1.165) is 5.41 Å². The molecule has 1 N–H and O–H groups in total. The van der Waals surface area contributed by atoms with Crippen molar-refractivity contribution in [3.63, 3.8) is 0 Å². The SMILES string of the molecule is CCOS(=O)C=C(C)O. The standard InChI is InChI=1S/C5H10O3S/c1-3-8-9(7)4-5(2)6/h4,6H,3H2,1-2H3. The Bertz CT molecular complexity index is 126. The van der Waals surface area contributed by atoms with Crippen molar-refractivity contribution in [2.45, 2.75) is 13.8 Å². The molecular formula is C5H10O3S. The van der Waals surface area contributed by atoms with Gasteiger partial charge in [0.2, 0.25) is 0 Å². The van der Waals surface area contributed by atoms with Gasteiger partial charge in [0, 0.05) is 0 Å². The summed E-state index contributed by atoms with van der Waals surface area (Å²) in [6.07, 6.45) is 0. The molecule has 0 aromatic carbocycles. The molecule has 0 saturated heterocycles. The maximum atomic E-state index is 10.5. The van der Waals surface area contributed by atoms with Gasteiger partial charge in [0.05, 0.1) is 12.0 Å². The van der Waals surface area contributed by atoms with Gasteiger partial charge in [-0.15, -0.1) is 0 Å². The summed E-state index contributed by atoms with van der Waals surface area (Å²) >= 11 is -1.46. The van der Waals surface area contributed by atoms with Crippen molar-refractivity contribution in [3.8, 4) is 0 Å². The minimum absolute atomic E-state index is 0.0155. The lowest BCUT2D eigenvalue weighted by atomic mass is 10.7. The van der Waals surface area contributed by atoms with Gasteiger partial charge in [-0.3, -0.25) is 4.18 Å². The first kappa shape index (κ1) is 8.65. The van der Waals surface area contributed by atoms with Crippen molar-refractivity contribution in [1.82, 2.24) is 0 Å². The van der Waals surface area contributed by atoms with Gasteiger partial charge in [-0.25, -0.2) is 4.21 Å². The molecule has 0 aliphatic carbocycles. The topological polar surface area (TPSA) is 46.5 Å². The highest BCUT2D eigenvalue weighted by molar-refractivity contribution is 7.83. The molecule has 0 saturated carbocycles. The molecule has 0 fully saturated rings. The fraction of sp³-hybridized carbons (Fsp3) is 0.600. The number of hydrogen-bond donors (Lipinski definition) is 1. The first-order valence-corrected chi connectivity index (χ1v) is 3.72. The maximum absolute atomic E-state index is 10.5. The largest absolute Gasteiger partial charge is 0.512 e. The summed E-state index contributed by atoms with van der Waals surface area (Å²) in [6, 6.07) is 0. The van der Waals surface area contributed by atoms with E-state index in [-0.39, 0.29) is 5.76 Å². The molecule has 0 aliphatic heterocycles. The number of aliphatic hydroxyl groups is 1. The van der Waals surface area contributed by atoms with Gasteiger partial charge < -0.3 is 5.11 Å². The van der Waals surface area contributed by atoms with Crippen LogP contribution in [0.5, 0.6) is 0 Å². The van der Waals surface area contributed by atoms with Crippen LogP contribution in [-0.4, -0.2) is 15.9 Å². The van der Waals surface area contributed by atoms with Crippen LogP contribution in [0.3, 0.4) is 0 Å². The van der Waals surface area contributed by atoms with Crippen LogP contribution in [0, 0.1) is 0 Å². The van der Waals surface area contributed by atoms with E-state index in [0.29, 0.717) is 6.61 Å². The summed E-state index contributed by atoms with van der Waals surface area (Å²) in [5.41, 5.74) is 0. The first-order chi connectivity index (χ1) is 4.16. The summed E-state index contributed by atoms with van der Waals surface area (Å²) in [5.74, 6) is 0.0155. The van der Waals surface area contributed by atoms with Crippen molar-refractivity contribution in [2.75, 3.05) is 6.61 Å². The van der Waals surface area contributed by atoms with Gasteiger partial charge >= 0.3 is 0 Å². The number of allylic oxidation sites excluding steroid dienone is 1. The molecule has 0 heterocycles. The van der Waals surface area contributed by atoms with Crippen molar-refractivity contribution in [2.24, 2.45) is 0 Å². The second-order valence-corrected chi connectivity index (χ2v) is 2.42. The second kappa shape index (κ2) is 4.52. The van der Waals surface area contributed by atoms with Gasteiger partial charge in [-0.2, -0.15) is 0 Å². The molecular weight excluding hydrogens is 140 g/mol. The monoisotopic (exact) mass is 150 g/mol. The zero-order chi connectivity index (χ0) is 7.28. The fourth-order valence-corrected chi connectivity index (χ4v) is 0.868. The molecule has 0 bridgehead atoms. The van der Waals surface area contributed by atoms with Crippen LogP contribution >= 0.6 is 0 Å². The van der Waals surface area contributed by atoms with E-state index >= 15 is 0 Å². The van der Waals surface area contributed by atoms with Crippen LogP contribution in [0.1, 0.15) is 13.8 Å². The van der Waals surface area contributed by atoms with Crippen molar-refractivity contribution in [1.29, 1.82) is 0 Å². The van der Waals surface area contributed by atoms with Crippen molar-refractivity contribution < 1.29 is 13.5 Å². The van der Waals surface area contributed by atoms with Crippen LogP contribution < -0.4 is 0 Å². The average molecular weight is 150 g/mol. The molecule has 0 aliphatic rings. The Kier molecular flexibility index (Phi) is 4.35. The third-order valence-corrected chi connectivity index (χ3v) is 1.50. The Hall–Kier alpha value is -0.350. The summed E-state index contributed by atoms with van der Waals surface area (Å²) in [7, 11) is 0. The van der Waals surface area contributed by atoms with Crippen LogP contribution in [-0.2, 0) is 15.3 Å². The van der Waals surface area contributed by atoms with E-state index in [1.807, 2.05) is 0 Å². The lowest BCUT2D eigenvalue weighted by Crippen LogP contribution is -1.92. The van der Waals surface area contributed by atoms with Crippen molar-refractivity contribution in [3.05, 3.63) is 11.2 Å². The minimum Gasteiger partial charge on any atom is -0.512 e. The molecule has 9 heavy (non-hydrogen) atoms. The van der Waals surface area contributed by atoms with Crippen LogP contribution in [0.25, 0.3) is 0 Å². The van der Waals surface area contributed by atoms with Gasteiger partial charge in [-0.05, 0) is 13.8 Å². The van der Waals surface area contributed by atoms with E-state index in [9.17, 15) is 4.21 Å². The highest BCUT2D eigenvalue weighted by atomic mass is 32.2. The molecule has 54 valence electrons. The molecule has 0 aromatic heterocycles. The zero-order valence-electron chi connectivity index (χ0n) is 5.46. The van der Waals surface area contributed by atoms with E-state index in [4.69, 9.17) is 5.11 Å². The Balaban J connectivity index is 3.63. The Labute approximate surface area is 57.0 Å². The van der Waals surface area contributed by atoms with Crippen LogP contribution in [0.4, 0.5) is 0 Å². The normalized spacial score (nSPS) is 15.6. The van der Waals surface area contributed by atoms with Crippen LogP contribution in [0.15, 0.2) is 11.2 Å². The number of rotatable bonds is 3. The van der Waals surface area contributed by atoms with E-state index < -0.39 is 11.1 Å². The van der Waals surface area contributed by atoms with E-state index in [1.165, 1.54) is 6.92 Å². The molecule has 0 radical (unpaired) electrons. The smallest absolute Gasteiger partial charge is 0.185 e. The lowest BCUT2D eigenvalue weighted by Gasteiger charge is -1.92. The van der Waals surface area contributed by atoms with Crippen molar-refractivity contribution >= 4 is 11.1 Å². The molecule has 1 atom stereocenters. The molecule has 0 rings (SSSR count). The summed E-state index contributed by atoms with van der Waals surface area (Å²) < 4.78 is 15.1. The van der Waals surface area contributed by atoms with E-state index in [1.54, 1.807) is 6.92 Å². The second-order valence-electron chi connectivity index (χ2n) is 1.43. The number of hydrogen-bond acceptors (Lipinski definition) is 3. The molecule has 3 nitrogen and oxygen atoms in total. The highest BCUT2D eigenvalue weighted by Crippen LogP contribution is 1.91. The third kappa shape index (κ3) is 5.52. The van der Waals surface area contributed by atoms with Gasteiger partial charge in [0.1, 0.15) is 5.76 Å². The predicted molar refractivity (Wildman–Crippen MR) is 36.2 cm³/mol. The summed E-state index contributed by atoms with van der Waals surface area (Å²) in [6.45, 7) is 3.56. The third-order valence-electron chi connectivity index (χ3n) is 0.501. The molecule has 4 heteroatoms. The van der Waals surface area contributed by atoms with Gasteiger partial charge in [-0.1, -0.05) is 0 Å². The minimum atomic E-state index is -1.46. The predicted octanol–water partition coefficient (Wildman–Crippen LogP) is 1.11. The van der Waals surface area contributed by atoms with Crippen LogP contribution in [0.2, 0.25) is 0 Å². The molecule has 1 unspecified atom stereocenters. The molecule has 0 aromatic rings. The Morgan fingerprint density at radius 2 is 2.44 bits per heavy atom. The van der Waals surface area contributed by atoms with Gasteiger partial charge in [0.25, 0.3) is 0 Å². The number of aliphatic hydroxyl groups excluding tert-OH is 1. The quantitative estimate of drug-likeness (QED) is 0.613. The van der Waals surface area contributed by atoms with E-state index in [2.05, 4.69) is 4.18 Å². The highest BCUT2D eigenvalue weighted by Gasteiger charge is 1.91. The zero-order valence-corrected chi connectivity index (χ0v) is 6.27. The van der Waals surface area contributed by atoms with Gasteiger partial charge in [0.15, 0.2) is 11.1 Å². The average Bonchev–Trinajstić information content (AvgIpc) is 1.63. The molecule has 0 spiro atoms. The maximum Gasteiger partial charge on any atom is 0.185 e. The molecule has 0 amide bonds. The summed E-state index contributed by atoms with van der Waals surface area (Å²) in [4.78, 5) is 0. The first-order valence-electron chi connectivity index (χ1n) is 2.58.